The molecule has 0 bridgehead atoms. The molecule has 0 aromatic carbocycles. The van der Waals surface area contributed by atoms with Crippen LogP contribution in [0.2, 0.25) is 0 Å². The average molecular weight is 303 g/mol. The zero-order valence-electron chi connectivity index (χ0n) is 11.4. The topological polar surface area (TPSA) is 65.0 Å². The van der Waals surface area contributed by atoms with Crippen LogP contribution in [0.25, 0.3) is 0 Å². The molecule has 3 aliphatic rings. The van der Waals surface area contributed by atoms with E-state index >= 15 is 0 Å². The number of fused-ring (bicyclic) bond motifs is 1. The summed E-state index contributed by atoms with van der Waals surface area (Å²) in [5.41, 5.74) is 0.249. The van der Waals surface area contributed by atoms with Crippen molar-refractivity contribution >= 4 is 17.6 Å². The Bertz CT molecular complexity index is 429. The maximum Gasteiger partial charge on any atom is 0.335 e. The first-order chi connectivity index (χ1) is 9.56. The first-order valence-corrected chi connectivity index (χ1v) is 7.48. The second-order valence-electron chi connectivity index (χ2n) is 5.64. The number of ether oxygens (including phenoxy) is 3. The molecule has 4 atom stereocenters. The maximum atomic E-state index is 11.7. The van der Waals surface area contributed by atoms with Gasteiger partial charge in [-0.15, -0.1) is 11.6 Å². The van der Waals surface area contributed by atoms with Gasteiger partial charge < -0.3 is 19.3 Å². The molecule has 1 heterocycles. The van der Waals surface area contributed by atoms with Crippen molar-refractivity contribution in [2.24, 2.45) is 0 Å². The first kappa shape index (κ1) is 14.3. The number of methoxy groups -OCH3 is 1. The Morgan fingerprint density at radius 1 is 1.40 bits per heavy atom. The molecule has 0 unspecified atom stereocenters. The monoisotopic (exact) mass is 302 g/mol. The summed E-state index contributed by atoms with van der Waals surface area (Å²) >= 11 is 6.15. The third-order valence-electron chi connectivity index (χ3n) is 4.34. The number of carbonyl (C=O) groups excluding carboxylic acids is 1. The number of aliphatic hydroxyl groups excluding tert-OH is 1. The summed E-state index contributed by atoms with van der Waals surface area (Å²) in [4.78, 5) is 11.7. The smallest absolute Gasteiger partial charge is 0.335 e. The lowest BCUT2D eigenvalue weighted by Gasteiger charge is -2.32. The summed E-state index contributed by atoms with van der Waals surface area (Å²) < 4.78 is 16.7. The molecule has 2 fully saturated rings. The maximum absolute atomic E-state index is 11.7. The Kier molecular flexibility index (Phi) is 3.79. The third kappa shape index (κ3) is 2.26. The van der Waals surface area contributed by atoms with Gasteiger partial charge in [0.2, 0.25) is 0 Å². The van der Waals surface area contributed by atoms with Gasteiger partial charge in [-0.2, -0.15) is 0 Å². The van der Waals surface area contributed by atoms with Crippen LogP contribution in [0.3, 0.4) is 0 Å². The SMILES string of the molecule is COC(=O)C1=C[C@@H]2OC3(CCCCC3)O[C@@H]2[C@H](O)[C@H]1Cl. The molecule has 1 spiro atoms. The minimum atomic E-state index is -0.970. The summed E-state index contributed by atoms with van der Waals surface area (Å²) in [5.74, 6) is -1.15. The summed E-state index contributed by atoms with van der Waals surface area (Å²) in [6.07, 6.45) is 4.64. The number of carbonyl (C=O) groups is 1. The molecular weight excluding hydrogens is 284 g/mol. The normalized spacial score (nSPS) is 39.2. The molecule has 0 amide bonds. The highest BCUT2D eigenvalue weighted by Crippen LogP contribution is 2.44. The van der Waals surface area contributed by atoms with E-state index < -0.39 is 35.4 Å². The van der Waals surface area contributed by atoms with E-state index in [1.807, 2.05) is 0 Å². The quantitative estimate of drug-likeness (QED) is 0.587. The van der Waals surface area contributed by atoms with Crippen LogP contribution >= 0.6 is 11.6 Å². The molecular formula is C14H19ClO5. The van der Waals surface area contributed by atoms with Crippen LogP contribution in [-0.4, -0.2) is 47.7 Å². The number of rotatable bonds is 1. The van der Waals surface area contributed by atoms with Crippen LogP contribution in [0.4, 0.5) is 0 Å². The van der Waals surface area contributed by atoms with E-state index in [1.54, 1.807) is 6.08 Å². The van der Waals surface area contributed by atoms with E-state index in [9.17, 15) is 9.90 Å². The highest BCUT2D eigenvalue weighted by Gasteiger charge is 2.54. The van der Waals surface area contributed by atoms with Crippen molar-refractivity contribution in [1.29, 1.82) is 0 Å². The van der Waals surface area contributed by atoms with E-state index in [-0.39, 0.29) is 5.57 Å². The van der Waals surface area contributed by atoms with Gasteiger partial charge in [0, 0.05) is 12.8 Å². The Morgan fingerprint density at radius 2 is 2.10 bits per heavy atom. The van der Waals surface area contributed by atoms with Crippen LogP contribution in [0.5, 0.6) is 0 Å². The van der Waals surface area contributed by atoms with E-state index in [0.29, 0.717) is 0 Å². The minimum absolute atomic E-state index is 0.249. The second kappa shape index (κ2) is 5.30. The van der Waals surface area contributed by atoms with Crippen LogP contribution < -0.4 is 0 Å². The second-order valence-corrected chi connectivity index (χ2v) is 6.11. The molecule has 1 saturated carbocycles. The fraction of sp³-hybridized carbons (Fsp3) is 0.786. The zero-order chi connectivity index (χ0) is 14.3. The molecule has 3 rings (SSSR count). The predicted octanol–water partition coefficient (Wildman–Crippen LogP) is 1.51. The van der Waals surface area contributed by atoms with E-state index in [2.05, 4.69) is 0 Å². The fourth-order valence-corrected chi connectivity index (χ4v) is 3.60. The van der Waals surface area contributed by atoms with E-state index in [1.165, 1.54) is 13.5 Å². The zero-order valence-corrected chi connectivity index (χ0v) is 12.1. The molecule has 0 radical (unpaired) electrons. The molecule has 6 heteroatoms. The fourth-order valence-electron chi connectivity index (χ4n) is 3.29. The Hall–Kier alpha value is -0.620. The van der Waals surface area contributed by atoms with Gasteiger partial charge in [-0.25, -0.2) is 4.79 Å². The standard InChI is InChI=1S/C14H19ClO5/c1-18-13(17)8-7-9-12(11(16)10(8)15)20-14(19-9)5-3-2-4-6-14/h7,9-12,16H,2-6H2,1H3/t9-,10-,11+,12-/m0/s1. The van der Waals surface area contributed by atoms with Gasteiger partial charge in [0.1, 0.15) is 18.3 Å². The summed E-state index contributed by atoms with van der Waals surface area (Å²) in [6, 6.07) is 0. The number of alkyl halides is 1. The van der Waals surface area contributed by atoms with Crippen molar-refractivity contribution < 1.29 is 24.1 Å². The average Bonchev–Trinajstić information content (AvgIpc) is 2.81. The molecule has 112 valence electrons. The summed E-state index contributed by atoms with van der Waals surface area (Å²) in [6.45, 7) is 0. The van der Waals surface area contributed by atoms with Gasteiger partial charge >= 0.3 is 5.97 Å². The molecule has 0 aromatic rings. The van der Waals surface area contributed by atoms with Crippen molar-refractivity contribution in [2.75, 3.05) is 7.11 Å². The van der Waals surface area contributed by atoms with E-state index in [4.69, 9.17) is 25.8 Å². The Labute approximate surface area is 122 Å². The molecule has 5 nitrogen and oxygen atoms in total. The third-order valence-corrected chi connectivity index (χ3v) is 4.83. The van der Waals surface area contributed by atoms with Crippen LogP contribution in [0.1, 0.15) is 32.1 Å². The highest BCUT2D eigenvalue weighted by atomic mass is 35.5. The molecule has 2 aliphatic carbocycles. The van der Waals surface area contributed by atoms with Crippen molar-refractivity contribution in [3.8, 4) is 0 Å². The van der Waals surface area contributed by atoms with Crippen molar-refractivity contribution in [3.63, 3.8) is 0 Å². The van der Waals surface area contributed by atoms with Gasteiger partial charge in [-0.05, 0) is 18.9 Å². The largest absolute Gasteiger partial charge is 0.466 e. The number of aliphatic hydroxyl groups is 1. The van der Waals surface area contributed by atoms with Crippen molar-refractivity contribution in [3.05, 3.63) is 11.6 Å². The van der Waals surface area contributed by atoms with Crippen molar-refractivity contribution in [1.82, 2.24) is 0 Å². The van der Waals surface area contributed by atoms with Gasteiger partial charge in [-0.3, -0.25) is 0 Å². The molecule has 1 saturated heterocycles. The first-order valence-electron chi connectivity index (χ1n) is 7.04. The van der Waals surface area contributed by atoms with Crippen LogP contribution in [0, 0.1) is 0 Å². The lowest BCUT2D eigenvalue weighted by atomic mass is 9.92. The molecule has 1 N–H and O–H groups in total. The van der Waals surface area contributed by atoms with Gasteiger partial charge in [0.15, 0.2) is 5.79 Å². The number of hydrogen-bond donors (Lipinski definition) is 1. The lowest BCUT2D eigenvalue weighted by Crippen LogP contribution is -2.46. The molecule has 1 aliphatic heterocycles. The number of halogens is 1. The van der Waals surface area contributed by atoms with Gasteiger partial charge in [0.05, 0.1) is 18.1 Å². The van der Waals surface area contributed by atoms with Gasteiger partial charge in [0.25, 0.3) is 0 Å². The van der Waals surface area contributed by atoms with Crippen LogP contribution in [0.15, 0.2) is 11.6 Å². The van der Waals surface area contributed by atoms with Crippen LogP contribution in [-0.2, 0) is 19.0 Å². The highest BCUT2D eigenvalue weighted by molar-refractivity contribution is 6.25. The van der Waals surface area contributed by atoms with E-state index in [0.717, 1.165) is 25.7 Å². The molecule has 0 aromatic heterocycles. The van der Waals surface area contributed by atoms with Gasteiger partial charge in [-0.1, -0.05) is 6.42 Å². The number of esters is 1. The predicted molar refractivity (Wildman–Crippen MR) is 71.3 cm³/mol. The van der Waals surface area contributed by atoms with Crippen molar-refractivity contribution in [2.45, 2.75) is 61.6 Å². The summed E-state index contributed by atoms with van der Waals surface area (Å²) in [5, 5.41) is 9.46. The number of hydrogen-bond acceptors (Lipinski definition) is 5. The molecule has 20 heavy (non-hydrogen) atoms. The lowest BCUT2D eigenvalue weighted by molar-refractivity contribution is -0.197. The summed E-state index contributed by atoms with van der Waals surface area (Å²) in [7, 11) is 1.29. The Balaban J connectivity index is 1.85. The Morgan fingerprint density at radius 3 is 2.75 bits per heavy atom. The minimum Gasteiger partial charge on any atom is -0.466 e.